The van der Waals surface area contributed by atoms with Gasteiger partial charge >= 0.3 is 0 Å². The maximum Gasteiger partial charge on any atom is 0.119 e. The molecule has 0 aliphatic rings. The highest BCUT2D eigenvalue weighted by Gasteiger charge is 2.12. The van der Waals surface area contributed by atoms with Crippen LogP contribution >= 0.6 is 0 Å². The highest BCUT2D eigenvalue weighted by molar-refractivity contribution is 5.38. The largest absolute Gasteiger partial charge is 0.508 e. The minimum atomic E-state index is 0.0574. The van der Waals surface area contributed by atoms with Crippen LogP contribution in [-0.4, -0.2) is 16.3 Å². The molecule has 0 bridgehead atoms. The fraction of sp³-hybridized carbons (Fsp3) is 0.333. The van der Waals surface area contributed by atoms with E-state index in [0.29, 0.717) is 6.04 Å². The summed E-state index contributed by atoms with van der Waals surface area (Å²) in [7, 11) is 0. The van der Waals surface area contributed by atoms with E-state index in [1.54, 1.807) is 12.1 Å². The van der Waals surface area contributed by atoms with Gasteiger partial charge in [0, 0.05) is 18.2 Å². The maximum atomic E-state index is 9.56. The third kappa shape index (κ3) is 4.23. The van der Waals surface area contributed by atoms with Gasteiger partial charge in [0.1, 0.15) is 11.5 Å². The second-order valence-corrected chi connectivity index (χ2v) is 5.70. The molecule has 3 N–H and O–H groups in total. The van der Waals surface area contributed by atoms with Crippen molar-refractivity contribution in [3.05, 3.63) is 59.2 Å². The molecular formula is C18H23NO2. The molecule has 0 spiro atoms. The van der Waals surface area contributed by atoms with E-state index < -0.39 is 0 Å². The Hall–Kier alpha value is -2.00. The molecule has 2 aromatic rings. The van der Waals surface area contributed by atoms with Gasteiger partial charge in [-0.15, -0.1) is 0 Å². The number of benzene rings is 2. The zero-order valence-electron chi connectivity index (χ0n) is 12.8. The first-order valence-electron chi connectivity index (χ1n) is 7.29. The zero-order chi connectivity index (χ0) is 15.4. The van der Waals surface area contributed by atoms with Crippen molar-refractivity contribution in [2.24, 2.45) is 0 Å². The van der Waals surface area contributed by atoms with Gasteiger partial charge in [-0.3, -0.25) is 0 Å². The highest BCUT2D eigenvalue weighted by Crippen LogP contribution is 2.25. The number of rotatable bonds is 5. The van der Waals surface area contributed by atoms with E-state index in [9.17, 15) is 10.2 Å². The standard InChI is InChI=1S/C18H23NO2/c1-12-6-4-5-7-15(12)8-13(2)19-14(3)16-9-17(20)11-18(21)10-16/h4-7,9-11,13-14,19-21H,8H2,1-3H3. The van der Waals surface area contributed by atoms with E-state index >= 15 is 0 Å². The summed E-state index contributed by atoms with van der Waals surface area (Å²) < 4.78 is 0. The summed E-state index contributed by atoms with van der Waals surface area (Å²) in [6.07, 6.45) is 0.946. The fourth-order valence-electron chi connectivity index (χ4n) is 2.62. The van der Waals surface area contributed by atoms with Crippen LogP contribution in [0.15, 0.2) is 42.5 Å². The number of phenolic OH excluding ortho intramolecular Hbond substituents is 2. The molecule has 2 rings (SSSR count). The van der Waals surface area contributed by atoms with Crippen LogP contribution in [0.2, 0.25) is 0 Å². The van der Waals surface area contributed by atoms with E-state index in [2.05, 4.69) is 43.4 Å². The third-order valence-electron chi connectivity index (χ3n) is 3.75. The van der Waals surface area contributed by atoms with Crippen LogP contribution in [0.25, 0.3) is 0 Å². The topological polar surface area (TPSA) is 52.5 Å². The van der Waals surface area contributed by atoms with Crippen molar-refractivity contribution < 1.29 is 10.2 Å². The second kappa shape index (κ2) is 6.64. The minimum absolute atomic E-state index is 0.0574. The monoisotopic (exact) mass is 285 g/mol. The molecule has 0 saturated carbocycles. The number of hydrogen-bond acceptors (Lipinski definition) is 3. The van der Waals surface area contributed by atoms with E-state index in [1.165, 1.54) is 17.2 Å². The molecule has 112 valence electrons. The SMILES string of the molecule is Cc1ccccc1CC(C)NC(C)c1cc(O)cc(O)c1. The predicted octanol–water partition coefficient (Wildman–Crippen LogP) is 3.69. The van der Waals surface area contributed by atoms with Crippen molar-refractivity contribution in [1.82, 2.24) is 5.32 Å². The Morgan fingerprint density at radius 1 is 1.00 bits per heavy atom. The molecule has 0 aliphatic heterocycles. The summed E-state index contributed by atoms with van der Waals surface area (Å²) in [4.78, 5) is 0. The lowest BCUT2D eigenvalue weighted by molar-refractivity contribution is 0.439. The molecule has 2 atom stereocenters. The molecule has 21 heavy (non-hydrogen) atoms. The van der Waals surface area contributed by atoms with Crippen LogP contribution in [0, 0.1) is 6.92 Å². The lowest BCUT2D eigenvalue weighted by Crippen LogP contribution is -2.30. The first kappa shape index (κ1) is 15.4. The summed E-state index contributed by atoms with van der Waals surface area (Å²) in [5.74, 6) is 0.176. The molecule has 0 radical (unpaired) electrons. The quantitative estimate of drug-likeness (QED) is 0.785. The Kier molecular flexibility index (Phi) is 4.86. The van der Waals surface area contributed by atoms with E-state index in [4.69, 9.17) is 0 Å². The molecule has 3 heteroatoms. The summed E-state index contributed by atoms with van der Waals surface area (Å²) in [5.41, 5.74) is 3.52. The lowest BCUT2D eigenvalue weighted by Gasteiger charge is -2.21. The van der Waals surface area contributed by atoms with Crippen LogP contribution < -0.4 is 5.32 Å². The Morgan fingerprint density at radius 2 is 1.62 bits per heavy atom. The molecule has 2 aromatic carbocycles. The first-order chi connectivity index (χ1) is 9.95. The van der Waals surface area contributed by atoms with Gasteiger partial charge in [-0.25, -0.2) is 0 Å². The van der Waals surface area contributed by atoms with Crippen LogP contribution in [0.4, 0.5) is 0 Å². The summed E-state index contributed by atoms with van der Waals surface area (Å²) in [6, 6.07) is 13.4. The smallest absolute Gasteiger partial charge is 0.119 e. The maximum absolute atomic E-state index is 9.56. The summed E-state index contributed by atoms with van der Waals surface area (Å²) in [6.45, 7) is 6.30. The number of aromatic hydroxyl groups is 2. The Balaban J connectivity index is 2.02. The molecule has 0 fully saturated rings. The Bertz CT molecular complexity index is 590. The van der Waals surface area contributed by atoms with Gasteiger partial charge in [-0.05, 0) is 56.0 Å². The van der Waals surface area contributed by atoms with Crippen LogP contribution in [0.3, 0.4) is 0 Å². The number of phenols is 2. The Morgan fingerprint density at radius 3 is 2.24 bits per heavy atom. The number of nitrogens with one attached hydrogen (secondary N) is 1. The van der Waals surface area contributed by atoms with E-state index in [1.807, 2.05) is 6.92 Å². The van der Waals surface area contributed by atoms with Gasteiger partial charge in [-0.1, -0.05) is 24.3 Å². The van der Waals surface area contributed by atoms with Gasteiger partial charge in [0.2, 0.25) is 0 Å². The van der Waals surface area contributed by atoms with Crippen LogP contribution in [0.5, 0.6) is 11.5 Å². The highest BCUT2D eigenvalue weighted by atomic mass is 16.3. The fourth-order valence-corrected chi connectivity index (χ4v) is 2.62. The van der Waals surface area contributed by atoms with Gasteiger partial charge in [0.05, 0.1) is 0 Å². The molecule has 0 amide bonds. The molecule has 0 heterocycles. The van der Waals surface area contributed by atoms with Gasteiger partial charge in [0.25, 0.3) is 0 Å². The van der Waals surface area contributed by atoms with Gasteiger partial charge in [-0.2, -0.15) is 0 Å². The molecule has 0 aromatic heterocycles. The summed E-state index contributed by atoms with van der Waals surface area (Å²) in [5, 5.41) is 22.6. The van der Waals surface area contributed by atoms with Gasteiger partial charge < -0.3 is 15.5 Å². The van der Waals surface area contributed by atoms with Crippen LogP contribution in [-0.2, 0) is 6.42 Å². The number of aryl methyl sites for hydroxylation is 1. The first-order valence-corrected chi connectivity index (χ1v) is 7.29. The van der Waals surface area contributed by atoms with E-state index in [-0.39, 0.29) is 17.5 Å². The van der Waals surface area contributed by atoms with Crippen molar-refractivity contribution in [1.29, 1.82) is 0 Å². The number of hydrogen-bond donors (Lipinski definition) is 3. The molecule has 3 nitrogen and oxygen atoms in total. The average molecular weight is 285 g/mol. The predicted molar refractivity (Wildman–Crippen MR) is 85.7 cm³/mol. The Labute approximate surface area is 126 Å². The van der Waals surface area contributed by atoms with Crippen molar-refractivity contribution in [3.8, 4) is 11.5 Å². The molecule has 2 unspecified atom stereocenters. The second-order valence-electron chi connectivity index (χ2n) is 5.70. The van der Waals surface area contributed by atoms with Crippen molar-refractivity contribution in [2.75, 3.05) is 0 Å². The van der Waals surface area contributed by atoms with Crippen molar-refractivity contribution >= 4 is 0 Å². The molecular weight excluding hydrogens is 262 g/mol. The van der Waals surface area contributed by atoms with Crippen molar-refractivity contribution in [2.45, 2.75) is 39.3 Å². The van der Waals surface area contributed by atoms with Crippen molar-refractivity contribution in [3.63, 3.8) is 0 Å². The van der Waals surface area contributed by atoms with E-state index in [0.717, 1.165) is 12.0 Å². The normalized spacial score (nSPS) is 13.9. The third-order valence-corrected chi connectivity index (χ3v) is 3.75. The molecule has 0 saturated heterocycles. The van der Waals surface area contributed by atoms with Gasteiger partial charge in [0.15, 0.2) is 0 Å². The summed E-state index contributed by atoms with van der Waals surface area (Å²) >= 11 is 0. The zero-order valence-corrected chi connectivity index (χ0v) is 12.8. The minimum Gasteiger partial charge on any atom is -0.508 e. The lowest BCUT2D eigenvalue weighted by atomic mass is 10.0. The average Bonchev–Trinajstić information content (AvgIpc) is 2.40. The van der Waals surface area contributed by atoms with Crippen LogP contribution in [0.1, 0.15) is 36.6 Å². The molecule has 0 aliphatic carbocycles.